The van der Waals surface area contributed by atoms with Gasteiger partial charge in [-0.2, -0.15) is 0 Å². The number of amides is 1. The van der Waals surface area contributed by atoms with E-state index >= 15 is 0 Å². The Kier molecular flexibility index (Phi) is 5.60. The summed E-state index contributed by atoms with van der Waals surface area (Å²) in [6.45, 7) is 11.2. The number of nitrogens with zero attached hydrogens (tertiary/aromatic N) is 4. The Bertz CT molecular complexity index is 1480. The lowest BCUT2D eigenvalue weighted by atomic mass is 9.90. The highest BCUT2D eigenvalue weighted by molar-refractivity contribution is 5.85. The number of pyridine rings is 1. The highest BCUT2D eigenvalue weighted by atomic mass is 16.6. The lowest BCUT2D eigenvalue weighted by Crippen LogP contribution is -2.50. The van der Waals surface area contributed by atoms with Gasteiger partial charge in [0.25, 0.3) is 0 Å². The van der Waals surface area contributed by atoms with Crippen LogP contribution in [-0.4, -0.2) is 64.0 Å². The normalized spacial score (nSPS) is 17.5. The molecule has 4 aromatic rings. The summed E-state index contributed by atoms with van der Waals surface area (Å²) in [5.41, 5.74) is 3.51. The van der Waals surface area contributed by atoms with Crippen LogP contribution in [-0.2, 0) is 9.47 Å². The molecule has 0 bridgehead atoms. The van der Waals surface area contributed by atoms with Crippen molar-refractivity contribution in [2.45, 2.75) is 39.2 Å². The summed E-state index contributed by atoms with van der Waals surface area (Å²) in [7, 11) is 0. The van der Waals surface area contributed by atoms with Crippen LogP contribution in [0, 0.1) is 5.41 Å². The fourth-order valence-electron chi connectivity index (χ4n) is 4.83. The van der Waals surface area contributed by atoms with E-state index in [1.165, 1.54) is 0 Å². The van der Waals surface area contributed by atoms with Crippen LogP contribution in [0.25, 0.3) is 27.8 Å². The van der Waals surface area contributed by atoms with Crippen molar-refractivity contribution in [1.82, 2.24) is 19.4 Å². The third-order valence-corrected chi connectivity index (χ3v) is 6.96. The van der Waals surface area contributed by atoms with Gasteiger partial charge in [-0.05, 0) is 50.6 Å². The van der Waals surface area contributed by atoms with Gasteiger partial charge in [0.2, 0.25) is 0 Å². The molecule has 2 fully saturated rings. The molecule has 0 spiro atoms. The summed E-state index contributed by atoms with van der Waals surface area (Å²) in [5, 5.41) is 1.07. The number of para-hydroxylation sites is 1. The van der Waals surface area contributed by atoms with Crippen molar-refractivity contribution in [3.05, 3.63) is 60.4 Å². The fraction of sp³-hybridized carbons (Fsp3) is 0.414. The van der Waals surface area contributed by atoms with Crippen LogP contribution >= 0.6 is 0 Å². The lowest BCUT2D eigenvalue weighted by Gasteiger charge is -2.40. The molecule has 0 aliphatic carbocycles. The third kappa shape index (κ3) is 4.62. The smallest absolute Gasteiger partial charge is 0.410 e. The molecular formula is C29H32N4O4. The summed E-state index contributed by atoms with van der Waals surface area (Å²) >= 11 is 0. The zero-order valence-electron chi connectivity index (χ0n) is 21.7. The number of hydrogen-bond acceptors (Lipinski definition) is 6. The number of benzene rings is 2. The van der Waals surface area contributed by atoms with Crippen LogP contribution in [0.4, 0.5) is 4.79 Å². The Hall–Kier alpha value is -3.65. The molecule has 8 heteroatoms. The maximum Gasteiger partial charge on any atom is 0.410 e. The van der Waals surface area contributed by atoms with Crippen LogP contribution in [0.15, 0.2) is 54.9 Å². The van der Waals surface area contributed by atoms with Gasteiger partial charge < -0.3 is 19.1 Å². The maximum atomic E-state index is 12.4. The maximum absolute atomic E-state index is 12.4. The molecule has 2 aromatic heterocycles. The molecule has 0 N–H and O–H groups in total. The van der Waals surface area contributed by atoms with Crippen LogP contribution in [0.1, 0.15) is 39.2 Å². The number of likely N-dealkylation sites (tertiary alicyclic amines) is 1. The Morgan fingerprint density at radius 2 is 1.95 bits per heavy atom. The Morgan fingerprint density at radius 1 is 1.14 bits per heavy atom. The van der Waals surface area contributed by atoms with Gasteiger partial charge >= 0.3 is 6.09 Å². The van der Waals surface area contributed by atoms with Crippen molar-refractivity contribution in [2.75, 3.05) is 32.9 Å². The average molecular weight is 501 g/mol. The van der Waals surface area contributed by atoms with E-state index in [2.05, 4.69) is 36.2 Å². The molecule has 2 aromatic carbocycles. The molecule has 6 rings (SSSR count). The first-order valence-corrected chi connectivity index (χ1v) is 12.7. The quantitative estimate of drug-likeness (QED) is 0.369. The summed E-state index contributed by atoms with van der Waals surface area (Å²) in [6, 6.07) is 16.3. The van der Waals surface area contributed by atoms with E-state index in [9.17, 15) is 4.79 Å². The van der Waals surface area contributed by atoms with E-state index < -0.39 is 5.60 Å². The van der Waals surface area contributed by atoms with Gasteiger partial charge in [0.15, 0.2) is 0 Å². The van der Waals surface area contributed by atoms with Crippen LogP contribution < -0.4 is 4.74 Å². The molecule has 0 saturated carbocycles. The van der Waals surface area contributed by atoms with Gasteiger partial charge in [-0.15, -0.1) is 0 Å². The molecule has 4 heterocycles. The SMILES string of the molecule is CC1(COc2ccc3c(c2)ncn3-c2ccc3cccc(C4CN(C(=O)OC(C)(C)C)C4)c3n2)COC1. The Balaban J connectivity index is 1.24. The first kappa shape index (κ1) is 23.7. The number of imidazole rings is 1. The average Bonchev–Trinajstić information content (AvgIpc) is 3.22. The summed E-state index contributed by atoms with van der Waals surface area (Å²) in [6.07, 6.45) is 1.54. The summed E-state index contributed by atoms with van der Waals surface area (Å²) in [4.78, 5) is 23.8. The lowest BCUT2D eigenvalue weighted by molar-refractivity contribution is -0.120. The minimum Gasteiger partial charge on any atom is -0.493 e. The van der Waals surface area contributed by atoms with E-state index in [-0.39, 0.29) is 17.4 Å². The van der Waals surface area contributed by atoms with E-state index in [0.717, 1.165) is 52.3 Å². The van der Waals surface area contributed by atoms with Crippen molar-refractivity contribution in [3.63, 3.8) is 0 Å². The number of hydrogen-bond donors (Lipinski definition) is 0. The fourth-order valence-corrected chi connectivity index (χ4v) is 4.83. The van der Waals surface area contributed by atoms with Gasteiger partial charge in [-0.3, -0.25) is 4.57 Å². The summed E-state index contributed by atoms with van der Waals surface area (Å²) < 4.78 is 18.9. The van der Waals surface area contributed by atoms with Crippen LogP contribution in [0.3, 0.4) is 0 Å². The van der Waals surface area contributed by atoms with Gasteiger partial charge in [0.05, 0.1) is 36.4 Å². The molecule has 0 atom stereocenters. The highest BCUT2D eigenvalue weighted by Gasteiger charge is 2.36. The third-order valence-electron chi connectivity index (χ3n) is 6.96. The number of carbonyl (C=O) groups is 1. The standard InChI is InChI=1S/C29H32N4O4/c1-28(2,3)37-27(34)32-13-20(14-32)22-7-5-6-19-8-11-25(31-26(19)22)33-18-30-23-12-21(9-10-24(23)33)36-17-29(4)15-35-16-29/h5-12,18,20H,13-17H2,1-4H3. The first-order valence-electron chi connectivity index (χ1n) is 12.7. The summed E-state index contributed by atoms with van der Waals surface area (Å²) in [5.74, 6) is 1.83. The van der Waals surface area contributed by atoms with E-state index in [1.54, 1.807) is 11.2 Å². The van der Waals surface area contributed by atoms with Gasteiger partial charge in [-0.25, -0.2) is 14.8 Å². The second-order valence-corrected chi connectivity index (χ2v) is 11.5. The molecule has 192 valence electrons. The second kappa shape index (κ2) is 8.73. The van der Waals surface area contributed by atoms with Crippen molar-refractivity contribution in [3.8, 4) is 11.6 Å². The number of aromatic nitrogens is 3. The minimum absolute atomic E-state index is 0.0887. The van der Waals surface area contributed by atoms with Gasteiger partial charge in [0, 0.05) is 35.9 Å². The van der Waals surface area contributed by atoms with Gasteiger partial charge in [0.1, 0.15) is 23.5 Å². The number of ether oxygens (including phenoxy) is 3. The van der Waals surface area contributed by atoms with Crippen LogP contribution in [0.5, 0.6) is 5.75 Å². The van der Waals surface area contributed by atoms with Crippen LogP contribution in [0.2, 0.25) is 0 Å². The topological polar surface area (TPSA) is 78.7 Å². The molecule has 8 nitrogen and oxygen atoms in total. The van der Waals surface area contributed by atoms with E-state index in [4.69, 9.17) is 19.2 Å². The predicted octanol–water partition coefficient (Wildman–Crippen LogP) is 5.32. The first-order chi connectivity index (χ1) is 17.7. The van der Waals surface area contributed by atoms with E-state index in [1.807, 2.05) is 49.6 Å². The zero-order chi connectivity index (χ0) is 25.8. The second-order valence-electron chi connectivity index (χ2n) is 11.5. The largest absolute Gasteiger partial charge is 0.493 e. The molecule has 2 saturated heterocycles. The highest BCUT2D eigenvalue weighted by Crippen LogP contribution is 2.34. The number of rotatable bonds is 5. The monoisotopic (exact) mass is 500 g/mol. The molecular weight excluding hydrogens is 468 g/mol. The molecule has 37 heavy (non-hydrogen) atoms. The number of carbonyl (C=O) groups excluding carboxylic acids is 1. The molecule has 0 radical (unpaired) electrons. The van der Waals surface area contributed by atoms with Crippen molar-refractivity contribution in [1.29, 1.82) is 0 Å². The molecule has 1 amide bonds. The zero-order valence-corrected chi connectivity index (χ0v) is 21.7. The van der Waals surface area contributed by atoms with Gasteiger partial charge in [-0.1, -0.05) is 25.1 Å². The minimum atomic E-state index is -0.498. The van der Waals surface area contributed by atoms with Crippen molar-refractivity contribution in [2.24, 2.45) is 5.41 Å². The Morgan fingerprint density at radius 3 is 2.68 bits per heavy atom. The van der Waals surface area contributed by atoms with E-state index in [0.29, 0.717) is 19.7 Å². The molecule has 0 unspecified atom stereocenters. The predicted molar refractivity (Wildman–Crippen MR) is 141 cm³/mol. The Labute approximate surface area is 216 Å². The molecule has 2 aliphatic heterocycles. The number of fused-ring (bicyclic) bond motifs is 2. The van der Waals surface area contributed by atoms with Crippen molar-refractivity contribution < 1.29 is 19.0 Å². The molecule has 2 aliphatic rings. The van der Waals surface area contributed by atoms with Crippen molar-refractivity contribution >= 4 is 28.0 Å².